The van der Waals surface area contributed by atoms with Gasteiger partial charge >= 0.3 is 11.9 Å². The van der Waals surface area contributed by atoms with Crippen molar-refractivity contribution < 1.29 is 24.5 Å². The highest BCUT2D eigenvalue weighted by Crippen LogP contribution is 2.28. The number of rotatable bonds is 6. The fraction of sp³-hybridized carbons (Fsp3) is 0.125. The van der Waals surface area contributed by atoms with E-state index in [1.54, 1.807) is 42.5 Å². The Morgan fingerprint density at radius 2 is 1.33 bits per heavy atom. The first-order valence-corrected chi connectivity index (χ1v) is 6.27. The smallest absolute Gasteiger partial charge is 0.352 e. The highest BCUT2D eigenvalue weighted by Gasteiger charge is 2.50. The van der Waals surface area contributed by atoms with Crippen molar-refractivity contribution in [1.82, 2.24) is 0 Å². The molecule has 2 aromatic carbocycles. The molecule has 0 atom stereocenters. The average molecular weight is 286 g/mol. The summed E-state index contributed by atoms with van der Waals surface area (Å²) in [6.07, 6.45) is 0. The monoisotopic (exact) mass is 286 g/mol. The minimum Gasteiger partial charge on any atom is -0.478 e. The molecular formula is C16H14O5. The van der Waals surface area contributed by atoms with Crippen molar-refractivity contribution in [2.75, 3.05) is 0 Å². The van der Waals surface area contributed by atoms with Gasteiger partial charge < -0.3 is 14.9 Å². The van der Waals surface area contributed by atoms with Crippen LogP contribution >= 0.6 is 0 Å². The number of carboxylic acid groups (broad SMARTS) is 2. The van der Waals surface area contributed by atoms with E-state index in [1.807, 2.05) is 6.07 Å². The predicted molar refractivity (Wildman–Crippen MR) is 74.6 cm³/mol. The molecule has 0 saturated carbocycles. The zero-order valence-corrected chi connectivity index (χ0v) is 11.1. The van der Waals surface area contributed by atoms with Crippen LogP contribution in [-0.4, -0.2) is 22.2 Å². The summed E-state index contributed by atoms with van der Waals surface area (Å²) in [7, 11) is 0. The topological polar surface area (TPSA) is 83.8 Å². The molecular weight excluding hydrogens is 272 g/mol. The van der Waals surface area contributed by atoms with Crippen LogP contribution in [0.1, 0.15) is 11.1 Å². The third-order valence-corrected chi connectivity index (χ3v) is 3.08. The van der Waals surface area contributed by atoms with E-state index in [1.165, 1.54) is 12.1 Å². The molecule has 2 N–H and O–H groups in total. The molecule has 0 fully saturated rings. The Hall–Kier alpha value is -2.66. The van der Waals surface area contributed by atoms with Crippen LogP contribution in [0.25, 0.3) is 0 Å². The summed E-state index contributed by atoms with van der Waals surface area (Å²) in [5.74, 6) is -3.12. The lowest BCUT2D eigenvalue weighted by atomic mass is 9.93. The molecule has 0 spiro atoms. The van der Waals surface area contributed by atoms with Gasteiger partial charge in [-0.2, -0.15) is 0 Å². The van der Waals surface area contributed by atoms with Crippen LogP contribution in [0.2, 0.25) is 0 Å². The molecule has 0 unspecified atom stereocenters. The molecule has 0 bridgehead atoms. The number of hydrogen-bond acceptors (Lipinski definition) is 3. The third kappa shape index (κ3) is 2.93. The Morgan fingerprint density at radius 3 is 1.81 bits per heavy atom. The van der Waals surface area contributed by atoms with Crippen molar-refractivity contribution in [3.8, 4) is 0 Å². The molecule has 0 aliphatic carbocycles. The van der Waals surface area contributed by atoms with E-state index in [0.29, 0.717) is 5.56 Å². The molecule has 2 aromatic rings. The Labute approximate surface area is 121 Å². The maximum Gasteiger partial charge on any atom is 0.352 e. The summed E-state index contributed by atoms with van der Waals surface area (Å²) in [5.41, 5.74) is -1.65. The van der Waals surface area contributed by atoms with E-state index in [0.717, 1.165) is 0 Å². The van der Waals surface area contributed by atoms with Crippen molar-refractivity contribution in [3.63, 3.8) is 0 Å². The van der Waals surface area contributed by atoms with Gasteiger partial charge in [-0.15, -0.1) is 0 Å². The lowest BCUT2D eigenvalue weighted by molar-refractivity contribution is -0.187. The number of ether oxygens (including phenoxy) is 1. The standard InChI is InChI=1S/C16H14O5/c17-14(18)16(15(19)20,13-9-5-2-6-10-13)21-11-12-7-3-1-4-8-12/h1-10H,11H2,(H,17,18)(H,19,20). The first kappa shape index (κ1) is 14.7. The first-order chi connectivity index (χ1) is 10.1. The number of benzene rings is 2. The van der Waals surface area contributed by atoms with Gasteiger partial charge in [0.15, 0.2) is 0 Å². The summed E-state index contributed by atoms with van der Waals surface area (Å²) >= 11 is 0. The highest BCUT2D eigenvalue weighted by atomic mass is 16.6. The van der Waals surface area contributed by atoms with Crippen molar-refractivity contribution in [3.05, 3.63) is 71.8 Å². The zero-order valence-electron chi connectivity index (χ0n) is 11.1. The number of aliphatic carboxylic acids is 2. The van der Waals surface area contributed by atoms with E-state index in [4.69, 9.17) is 4.74 Å². The molecule has 0 aromatic heterocycles. The second-order valence-electron chi connectivity index (χ2n) is 4.43. The molecule has 0 aliphatic rings. The van der Waals surface area contributed by atoms with E-state index < -0.39 is 17.5 Å². The van der Waals surface area contributed by atoms with Crippen LogP contribution in [-0.2, 0) is 26.5 Å². The van der Waals surface area contributed by atoms with Crippen LogP contribution in [0, 0.1) is 0 Å². The second-order valence-corrected chi connectivity index (χ2v) is 4.43. The van der Waals surface area contributed by atoms with Crippen LogP contribution in [0.4, 0.5) is 0 Å². The minimum atomic E-state index is -2.42. The Balaban J connectivity index is 2.37. The third-order valence-electron chi connectivity index (χ3n) is 3.08. The second kappa shape index (κ2) is 6.19. The van der Waals surface area contributed by atoms with Gasteiger partial charge in [0.1, 0.15) is 0 Å². The predicted octanol–water partition coefficient (Wildman–Crippen LogP) is 2.27. The van der Waals surface area contributed by atoms with Crippen LogP contribution in [0.15, 0.2) is 60.7 Å². The largest absolute Gasteiger partial charge is 0.478 e. The zero-order chi connectivity index (χ0) is 15.3. The van der Waals surface area contributed by atoms with Crippen LogP contribution < -0.4 is 0 Å². The lowest BCUT2D eigenvalue weighted by Gasteiger charge is -2.25. The molecule has 0 amide bonds. The van der Waals surface area contributed by atoms with E-state index >= 15 is 0 Å². The van der Waals surface area contributed by atoms with Crippen molar-refractivity contribution >= 4 is 11.9 Å². The summed E-state index contributed by atoms with van der Waals surface area (Å²) < 4.78 is 5.33. The molecule has 0 saturated heterocycles. The van der Waals surface area contributed by atoms with Gasteiger partial charge in [0, 0.05) is 5.56 Å². The summed E-state index contributed by atoms with van der Waals surface area (Å²) in [6, 6.07) is 16.5. The van der Waals surface area contributed by atoms with Crippen molar-refractivity contribution in [1.29, 1.82) is 0 Å². The van der Waals surface area contributed by atoms with Crippen LogP contribution in [0.3, 0.4) is 0 Å². The van der Waals surface area contributed by atoms with E-state index in [-0.39, 0.29) is 12.2 Å². The van der Waals surface area contributed by atoms with Gasteiger partial charge in [-0.05, 0) is 5.56 Å². The van der Waals surface area contributed by atoms with Crippen molar-refractivity contribution in [2.24, 2.45) is 0 Å². The quantitative estimate of drug-likeness (QED) is 0.796. The molecule has 21 heavy (non-hydrogen) atoms. The maximum absolute atomic E-state index is 11.6. The van der Waals surface area contributed by atoms with Crippen LogP contribution in [0.5, 0.6) is 0 Å². The molecule has 5 nitrogen and oxygen atoms in total. The van der Waals surface area contributed by atoms with Gasteiger partial charge in [-0.25, -0.2) is 9.59 Å². The van der Waals surface area contributed by atoms with Gasteiger partial charge in [0.25, 0.3) is 5.60 Å². The van der Waals surface area contributed by atoms with E-state index in [2.05, 4.69) is 0 Å². The normalized spacial score (nSPS) is 11.0. The van der Waals surface area contributed by atoms with Gasteiger partial charge in [-0.3, -0.25) is 0 Å². The molecule has 0 aliphatic heterocycles. The molecule has 108 valence electrons. The molecule has 0 heterocycles. The summed E-state index contributed by atoms with van der Waals surface area (Å²) in [6.45, 7) is -0.117. The minimum absolute atomic E-state index is 0.0703. The Kier molecular flexibility index (Phi) is 4.35. The fourth-order valence-electron chi connectivity index (χ4n) is 1.98. The number of carboxylic acids is 2. The Morgan fingerprint density at radius 1 is 0.857 bits per heavy atom. The van der Waals surface area contributed by atoms with Crippen molar-refractivity contribution in [2.45, 2.75) is 12.2 Å². The number of hydrogen-bond donors (Lipinski definition) is 2. The summed E-state index contributed by atoms with van der Waals surface area (Å²) in [5, 5.41) is 18.8. The average Bonchev–Trinajstić information content (AvgIpc) is 2.49. The van der Waals surface area contributed by atoms with Gasteiger partial charge in [-0.1, -0.05) is 60.7 Å². The molecule has 5 heteroatoms. The SMILES string of the molecule is O=C(O)C(OCc1ccccc1)(C(=O)O)c1ccccc1. The number of carbonyl (C=O) groups is 2. The van der Waals surface area contributed by atoms with Gasteiger partial charge in [0.2, 0.25) is 0 Å². The molecule has 0 radical (unpaired) electrons. The van der Waals surface area contributed by atoms with E-state index in [9.17, 15) is 19.8 Å². The van der Waals surface area contributed by atoms with Gasteiger partial charge in [0.05, 0.1) is 6.61 Å². The summed E-state index contributed by atoms with van der Waals surface area (Å²) in [4.78, 5) is 23.2. The highest BCUT2D eigenvalue weighted by molar-refractivity contribution is 6.02. The molecule has 2 rings (SSSR count). The Bertz CT molecular complexity index is 608. The fourth-order valence-corrected chi connectivity index (χ4v) is 1.98. The maximum atomic E-state index is 11.6. The lowest BCUT2D eigenvalue weighted by Crippen LogP contribution is -2.46. The first-order valence-electron chi connectivity index (χ1n) is 6.27.